The van der Waals surface area contributed by atoms with E-state index < -0.39 is 0 Å². The molecule has 2 aromatic carbocycles. The predicted molar refractivity (Wildman–Crippen MR) is 87.7 cm³/mol. The highest BCUT2D eigenvalue weighted by Crippen LogP contribution is 2.27. The van der Waals surface area contributed by atoms with Crippen molar-refractivity contribution in [3.63, 3.8) is 0 Å². The van der Waals surface area contributed by atoms with Gasteiger partial charge in [0.05, 0.1) is 16.3 Å². The maximum Gasteiger partial charge on any atom is 0.122 e. The van der Waals surface area contributed by atoms with Crippen LogP contribution in [0.5, 0.6) is 0 Å². The Morgan fingerprint density at radius 2 is 2.00 bits per heavy atom. The fourth-order valence-electron chi connectivity index (χ4n) is 2.26. The summed E-state index contributed by atoms with van der Waals surface area (Å²) >= 11 is 1.63. The van der Waals surface area contributed by atoms with E-state index in [4.69, 9.17) is 16.9 Å². The summed E-state index contributed by atoms with van der Waals surface area (Å²) < 4.78 is 1.15. The molecule has 0 bridgehead atoms. The molecular formula is C16H16N4S. The molecule has 0 fully saturated rings. The second-order valence-electron chi connectivity index (χ2n) is 4.94. The fourth-order valence-corrected chi connectivity index (χ4v) is 3.22. The zero-order chi connectivity index (χ0) is 14.8. The van der Waals surface area contributed by atoms with Gasteiger partial charge in [-0.25, -0.2) is 4.98 Å². The maximum absolute atomic E-state index is 7.49. The first-order valence-electron chi connectivity index (χ1n) is 6.68. The SMILES string of the molecule is N=C(N)c1cccc(CC(N)c2nc3ccccc3s2)c1. The Balaban J connectivity index is 1.84. The van der Waals surface area contributed by atoms with Crippen molar-refractivity contribution in [2.75, 3.05) is 0 Å². The lowest BCUT2D eigenvalue weighted by atomic mass is 10.0. The minimum atomic E-state index is -0.149. The average molecular weight is 296 g/mol. The number of aromatic nitrogens is 1. The van der Waals surface area contributed by atoms with Crippen LogP contribution in [0.1, 0.15) is 22.2 Å². The van der Waals surface area contributed by atoms with Gasteiger partial charge < -0.3 is 11.5 Å². The summed E-state index contributed by atoms with van der Waals surface area (Å²) in [5.74, 6) is 0.0745. The minimum Gasteiger partial charge on any atom is -0.384 e. The minimum absolute atomic E-state index is 0.0745. The van der Waals surface area contributed by atoms with E-state index in [0.29, 0.717) is 6.42 Å². The summed E-state index contributed by atoms with van der Waals surface area (Å²) in [4.78, 5) is 4.59. The third-order valence-electron chi connectivity index (χ3n) is 3.32. The second kappa shape index (κ2) is 5.63. The molecule has 1 aromatic heterocycles. The van der Waals surface area contributed by atoms with Gasteiger partial charge in [-0.1, -0.05) is 30.3 Å². The molecule has 5 N–H and O–H groups in total. The van der Waals surface area contributed by atoms with E-state index in [9.17, 15) is 0 Å². The van der Waals surface area contributed by atoms with Crippen molar-refractivity contribution in [2.45, 2.75) is 12.5 Å². The molecule has 1 atom stereocenters. The van der Waals surface area contributed by atoms with E-state index in [0.717, 1.165) is 26.4 Å². The third kappa shape index (κ3) is 2.94. The monoisotopic (exact) mass is 296 g/mol. The summed E-state index contributed by atoms with van der Waals surface area (Å²) in [6.45, 7) is 0. The molecule has 0 aliphatic carbocycles. The number of nitrogens with two attached hydrogens (primary N) is 2. The number of nitrogens with one attached hydrogen (secondary N) is 1. The van der Waals surface area contributed by atoms with Gasteiger partial charge in [-0.2, -0.15) is 0 Å². The number of amidine groups is 1. The van der Waals surface area contributed by atoms with Gasteiger partial charge in [-0.3, -0.25) is 5.41 Å². The number of nitrogen functional groups attached to an aromatic ring is 1. The quantitative estimate of drug-likeness (QED) is 0.511. The third-order valence-corrected chi connectivity index (χ3v) is 4.49. The Morgan fingerprint density at radius 1 is 1.19 bits per heavy atom. The molecule has 21 heavy (non-hydrogen) atoms. The molecular weight excluding hydrogens is 280 g/mol. The zero-order valence-electron chi connectivity index (χ0n) is 11.4. The van der Waals surface area contributed by atoms with Crippen LogP contribution >= 0.6 is 11.3 Å². The van der Waals surface area contributed by atoms with Crippen LogP contribution in [0, 0.1) is 5.41 Å². The molecule has 0 spiro atoms. The fraction of sp³-hybridized carbons (Fsp3) is 0.125. The van der Waals surface area contributed by atoms with E-state index >= 15 is 0 Å². The first-order valence-corrected chi connectivity index (χ1v) is 7.49. The summed E-state index contributed by atoms with van der Waals surface area (Å²) in [5.41, 5.74) is 14.6. The summed E-state index contributed by atoms with van der Waals surface area (Å²) in [6, 6.07) is 15.5. The molecule has 3 rings (SSSR count). The topological polar surface area (TPSA) is 88.8 Å². The predicted octanol–water partition coefficient (Wildman–Crippen LogP) is 2.82. The summed E-state index contributed by atoms with van der Waals surface area (Å²) in [7, 11) is 0. The van der Waals surface area contributed by atoms with Crippen LogP contribution in [-0.2, 0) is 6.42 Å². The first kappa shape index (κ1) is 13.7. The van der Waals surface area contributed by atoms with E-state index in [-0.39, 0.29) is 11.9 Å². The van der Waals surface area contributed by atoms with Gasteiger partial charge in [0.25, 0.3) is 0 Å². The second-order valence-corrected chi connectivity index (χ2v) is 6.01. The van der Waals surface area contributed by atoms with Crippen molar-refractivity contribution >= 4 is 27.4 Å². The van der Waals surface area contributed by atoms with Crippen LogP contribution in [0.3, 0.4) is 0 Å². The molecule has 5 heteroatoms. The summed E-state index contributed by atoms with van der Waals surface area (Å²) in [6.07, 6.45) is 0.681. The van der Waals surface area contributed by atoms with E-state index in [2.05, 4.69) is 11.1 Å². The van der Waals surface area contributed by atoms with Crippen LogP contribution in [-0.4, -0.2) is 10.8 Å². The number of hydrogen-bond donors (Lipinski definition) is 3. The molecule has 0 aliphatic rings. The van der Waals surface area contributed by atoms with Gasteiger partial charge >= 0.3 is 0 Å². The van der Waals surface area contributed by atoms with Crippen LogP contribution in [0.2, 0.25) is 0 Å². The molecule has 0 saturated carbocycles. The molecule has 1 unspecified atom stereocenters. The van der Waals surface area contributed by atoms with Crippen molar-refractivity contribution in [3.05, 3.63) is 64.7 Å². The molecule has 0 radical (unpaired) electrons. The van der Waals surface area contributed by atoms with Crippen LogP contribution in [0.15, 0.2) is 48.5 Å². The normalized spacial score (nSPS) is 12.4. The van der Waals surface area contributed by atoms with Gasteiger partial charge in [-0.15, -0.1) is 11.3 Å². The van der Waals surface area contributed by atoms with Crippen LogP contribution in [0.25, 0.3) is 10.2 Å². The van der Waals surface area contributed by atoms with Gasteiger partial charge in [0.2, 0.25) is 0 Å². The van der Waals surface area contributed by atoms with E-state index in [1.165, 1.54) is 0 Å². The number of thiazole rings is 1. The zero-order valence-corrected chi connectivity index (χ0v) is 12.2. The lowest BCUT2D eigenvalue weighted by molar-refractivity contribution is 0.717. The van der Waals surface area contributed by atoms with Gasteiger partial charge in [0.15, 0.2) is 0 Å². The maximum atomic E-state index is 7.49. The highest BCUT2D eigenvalue weighted by Gasteiger charge is 2.13. The van der Waals surface area contributed by atoms with Crippen molar-refractivity contribution in [3.8, 4) is 0 Å². The van der Waals surface area contributed by atoms with Crippen molar-refractivity contribution in [2.24, 2.45) is 11.5 Å². The summed E-state index contributed by atoms with van der Waals surface area (Å²) in [5, 5.41) is 8.42. The molecule has 0 aliphatic heterocycles. The Morgan fingerprint density at radius 3 is 2.76 bits per heavy atom. The van der Waals surface area contributed by atoms with Gasteiger partial charge in [-0.05, 0) is 30.2 Å². The lowest BCUT2D eigenvalue weighted by Gasteiger charge is -2.09. The Labute approximate surface area is 126 Å². The standard InChI is InChI=1S/C16H16N4S/c17-12(9-10-4-3-5-11(8-10)15(18)19)16-20-13-6-1-2-7-14(13)21-16/h1-8,12H,9,17H2,(H3,18,19). The molecule has 106 valence electrons. The molecule has 4 nitrogen and oxygen atoms in total. The molecule has 3 aromatic rings. The number of benzene rings is 2. The van der Waals surface area contributed by atoms with Gasteiger partial charge in [0.1, 0.15) is 10.8 Å². The van der Waals surface area contributed by atoms with Crippen molar-refractivity contribution < 1.29 is 0 Å². The van der Waals surface area contributed by atoms with Crippen molar-refractivity contribution in [1.29, 1.82) is 5.41 Å². The smallest absolute Gasteiger partial charge is 0.122 e. The molecule has 1 heterocycles. The Hall–Kier alpha value is -2.24. The molecule has 0 amide bonds. The van der Waals surface area contributed by atoms with Crippen molar-refractivity contribution in [1.82, 2.24) is 4.98 Å². The Bertz CT molecular complexity index is 761. The van der Waals surface area contributed by atoms with Crippen LogP contribution < -0.4 is 11.5 Å². The number of fused-ring (bicyclic) bond motifs is 1. The lowest BCUT2D eigenvalue weighted by Crippen LogP contribution is -2.14. The van der Waals surface area contributed by atoms with E-state index in [1.807, 2.05) is 42.5 Å². The van der Waals surface area contributed by atoms with E-state index in [1.54, 1.807) is 11.3 Å². The number of hydrogen-bond acceptors (Lipinski definition) is 4. The Kier molecular flexibility index (Phi) is 3.68. The number of nitrogens with zero attached hydrogens (tertiary/aromatic N) is 1. The highest BCUT2D eigenvalue weighted by atomic mass is 32.1. The van der Waals surface area contributed by atoms with Crippen LogP contribution in [0.4, 0.5) is 0 Å². The highest BCUT2D eigenvalue weighted by molar-refractivity contribution is 7.18. The largest absolute Gasteiger partial charge is 0.384 e. The number of rotatable bonds is 4. The number of para-hydroxylation sites is 1. The molecule has 0 saturated heterocycles. The average Bonchev–Trinajstić information content (AvgIpc) is 2.91. The first-order chi connectivity index (χ1) is 10.1. The van der Waals surface area contributed by atoms with Gasteiger partial charge in [0, 0.05) is 5.56 Å².